The van der Waals surface area contributed by atoms with Gasteiger partial charge in [-0.05, 0) is 37.3 Å². The first-order chi connectivity index (χ1) is 11.6. The van der Waals surface area contributed by atoms with Crippen molar-refractivity contribution in [2.45, 2.75) is 24.3 Å². The fourth-order valence-corrected chi connectivity index (χ4v) is 3.44. The number of aromatic nitrogens is 2. The molecule has 1 N–H and O–H groups in total. The SMILES string of the molecule is CSc1ccccc1C(C)(C)Nc1ncc(-c2ccccc2)cn1. The van der Waals surface area contributed by atoms with Crippen molar-refractivity contribution < 1.29 is 0 Å². The maximum absolute atomic E-state index is 4.49. The molecule has 4 heteroatoms. The minimum Gasteiger partial charge on any atom is -0.345 e. The van der Waals surface area contributed by atoms with Crippen LogP contribution in [0.3, 0.4) is 0 Å². The Balaban J connectivity index is 1.83. The molecule has 0 atom stereocenters. The number of hydrogen-bond donors (Lipinski definition) is 1. The summed E-state index contributed by atoms with van der Waals surface area (Å²) in [4.78, 5) is 10.2. The normalized spacial score (nSPS) is 11.3. The molecule has 0 saturated carbocycles. The van der Waals surface area contributed by atoms with Crippen LogP contribution >= 0.6 is 11.8 Å². The van der Waals surface area contributed by atoms with Crippen LogP contribution in [0.4, 0.5) is 5.95 Å². The third kappa shape index (κ3) is 3.60. The molecule has 3 nitrogen and oxygen atoms in total. The summed E-state index contributed by atoms with van der Waals surface area (Å²) in [6, 6.07) is 18.6. The van der Waals surface area contributed by atoms with Gasteiger partial charge in [-0.15, -0.1) is 11.8 Å². The Morgan fingerprint density at radius 1 is 0.833 bits per heavy atom. The second kappa shape index (κ2) is 7.05. The Bertz CT molecular complexity index is 799. The molecule has 1 heterocycles. The molecular formula is C20H21N3S. The molecule has 0 amide bonds. The molecule has 0 radical (unpaired) electrons. The molecule has 0 bridgehead atoms. The number of nitrogens with one attached hydrogen (secondary N) is 1. The Labute approximate surface area is 147 Å². The van der Waals surface area contributed by atoms with Crippen LogP contribution in [0.2, 0.25) is 0 Å². The fraction of sp³-hybridized carbons (Fsp3) is 0.200. The highest BCUT2D eigenvalue weighted by Crippen LogP contribution is 2.32. The van der Waals surface area contributed by atoms with Crippen molar-refractivity contribution in [2.24, 2.45) is 0 Å². The molecule has 122 valence electrons. The van der Waals surface area contributed by atoms with Crippen molar-refractivity contribution in [1.82, 2.24) is 9.97 Å². The summed E-state index contributed by atoms with van der Waals surface area (Å²) in [6.45, 7) is 4.30. The lowest BCUT2D eigenvalue weighted by molar-refractivity contribution is 0.589. The molecule has 0 aliphatic heterocycles. The van der Waals surface area contributed by atoms with Crippen LogP contribution in [0.1, 0.15) is 19.4 Å². The summed E-state index contributed by atoms with van der Waals surface area (Å²) < 4.78 is 0. The quantitative estimate of drug-likeness (QED) is 0.649. The van der Waals surface area contributed by atoms with E-state index in [2.05, 4.69) is 71.8 Å². The zero-order valence-electron chi connectivity index (χ0n) is 14.2. The maximum atomic E-state index is 4.49. The highest BCUT2D eigenvalue weighted by molar-refractivity contribution is 7.98. The van der Waals surface area contributed by atoms with Gasteiger partial charge in [-0.1, -0.05) is 48.5 Å². The van der Waals surface area contributed by atoms with Crippen LogP contribution < -0.4 is 5.32 Å². The third-order valence-electron chi connectivity index (χ3n) is 3.96. The standard InChI is InChI=1S/C20H21N3S/c1-20(2,17-11-7-8-12-18(17)24-3)23-19-21-13-16(14-22-19)15-9-5-4-6-10-15/h4-14H,1-3H3,(H,21,22,23). The predicted molar refractivity (Wildman–Crippen MR) is 102 cm³/mol. The predicted octanol–water partition coefficient (Wildman–Crippen LogP) is 5.21. The van der Waals surface area contributed by atoms with Gasteiger partial charge in [0, 0.05) is 22.9 Å². The summed E-state index contributed by atoms with van der Waals surface area (Å²) in [5.74, 6) is 0.635. The maximum Gasteiger partial charge on any atom is 0.223 e. The van der Waals surface area contributed by atoms with Gasteiger partial charge >= 0.3 is 0 Å². The molecule has 3 rings (SSSR count). The molecule has 0 aliphatic rings. The fourth-order valence-electron chi connectivity index (χ4n) is 2.68. The smallest absolute Gasteiger partial charge is 0.223 e. The van der Waals surface area contributed by atoms with E-state index < -0.39 is 0 Å². The first kappa shape index (κ1) is 16.5. The Kier molecular flexibility index (Phi) is 4.86. The van der Waals surface area contributed by atoms with Crippen LogP contribution in [0.5, 0.6) is 0 Å². The molecule has 1 aromatic heterocycles. The molecule has 3 aromatic rings. The number of nitrogens with zero attached hydrogens (tertiary/aromatic N) is 2. The van der Waals surface area contributed by atoms with Gasteiger partial charge in [0.05, 0.1) is 5.54 Å². The summed E-state index contributed by atoms with van der Waals surface area (Å²) in [7, 11) is 0. The van der Waals surface area contributed by atoms with Gasteiger partial charge in [-0.25, -0.2) is 9.97 Å². The first-order valence-corrected chi connectivity index (χ1v) is 9.12. The van der Waals surface area contributed by atoms with Crippen molar-refractivity contribution in [3.05, 3.63) is 72.6 Å². The van der Waals surface area contributed by atoms with Gasteiger partial charge in [0.2, 0.25) is 5.95 Å². The van der Waals surface area contributed by atoms with Crippen LogP contribution in [0.15, 0.2) is 71.9 Å². The highest BCUT2D eigenvalue weighted by Gasteiger charge is 2.24. The van der Waals surface area contributed by atoms with Crippen molar-refractivity contribution in [3.63, 3.8) is 0 Å². The van der Waals surface area contributed by atoms with Crippen LogP contribution in [-0.4, -0.2) is 16.2 Å². The van der Waals surface area contributed by atoms with E-state index in [0.29, 0.717) is 5.95 Å². The molecular weight excluding hydrogens is 314 g/mol. The number of benzene rings is 2. The molecule has 24 heavy (non-hydrogen) atoms. The molecule has 0 fully saturated rings. The van der Waals surface area contributed by atoms with Crippen molar-refractivity contribution in [1.29, 1.82) is 0 Å². The molecule has 0 unspecified atom stereocenters. The largest absolute Gasteiger partial charge is 0.345 e. The van der Waals surface area contributed by atoms with E-state index in [1.807, 2.05) is 30.6 Å². The number of rotatable bonds is 5. The zero-order chi connectivity index (χ0) is 17.0. The van der Waals surface area contributed by atoms with Gasteiger partial charge in [0.15, 0.2) is 0 Å². The van der Waals surface area contributed by atoms with Crippen molar-refractivity contribution in [2.75, 3.05) is 11.6 Å². The van der Waals surface area contributed by atoms with Crippen LogP contribution in [0.25, 0.3) is 11.1 Å². The van der Waals surface area contributed by atoms with E-state index in [-0.39, 0.29) is 5.54 Å². The lowest BCUT2D eigenvalue weighted by Crippen LogP contribution is -2.29. The lowest BCUT2D eigenvalue weighted by Gasteiger charge is -2.28. The lowest BCUT2D eigenvalue weighted by atomic mass is 9.94. The van der Waals surface area contributed by atoms with Gasteiger partial charge in [0.25, 0.3) is 0 Å². The topological polar surface area (TPSA) is 37.8 Å². The molecule has 2 aromatic carbocycles. The Morgan fingerprint density at radius 2 is 1.46 bits per heavy atom. The van der Waals surface area contributed by atoms with Crippen LogP contribution in [-0.2, 0) is 5.54 Å². The minimum atomic E-state index is -0.256. The van der Waals surface area contributed by atoms with Crippen molar-refractivity contribution in [3.8, 4) is 11.1 Å². The molecule has 0 aliphatic carbocycles. The summed E-state index contributed by atoms with van der Waals surface area (Å²) in [6.07, 6.45) is 5.82. The van der Waals surface area contributed by atoms with Gasteiger partial charge in [0.1, 0.15) is 0 Å². The summed E-state index contributed by atoms with van der Waals surface area (Å²) in [5, 5.41) is 3.45. The summed E-state index contributed by atoms with van der Waals surface area (Å²) in [5.41, 5.74) is 3.13. The zero-order valence-corrected chi connectivity index (χ0v) is 15.0. The molecule has 0 saturated heterocycles. The average Bonchev–Trinajstić information content (AvgIpc) is 2.63. The van der Waals surface area contributed by atoms with E-state index in [0.717, 1.165) is 11.1 Å². The average molecular weight is 335 g/mol. The van der Waals surface area contributed by atoms with E-state index in [1.54, 1.807) is 11.8 Å². The highest BCUT2D eigenvalue weighted by atomic mass is 32.2. The van der Waals surface area contributed by atoms with E-state index in [1.165, 1.54) is 10.5 Å². The van der Waals surface area contributed by atoms with E-state index in [4.69, 9.17) is 0 Å². The van der Waals surface area contributed by atoms with Gasteiger partial charge in [-0.3, -0.25) is 0 Å². The second-order valence-electron chi connectivity index (χ2n) is 6.11. The Morgan fingerprint density at radius 3 is 2.12 bits per heavy atom. The van der Waals surface area contributed by atoms with Crippen molar-refractivity contribution >= 4 is 17.7 Å². The van der Waals surface area contributed by atoms with E-state index in [9.17, 15) is 0 Å². The van der Waals surface area contributed by atoms with Gasteiger partial charge < -0.3 is 5.32 Å². The van der Waals surface area contributed by atoms with Gasteiger partial charge in [-0.2, -0.15) is 0 Å². The van der Waals surface area contributed by atoms with E-state index >= 15 is 0 Å². The van der Waals surface area contributed by atoms with Crippen LogP contribution in [0, 0.1) is 0 Å². The monoisotopic (exact) mass is 335 g/mol. The Hall–Kier alpha value is -2.33. The number of anilines is 1. The molecule has 0 spiro atoms. The number of hydrogen-bond acceptors (Lipinski definition) is 4. The third-order valence-corrected chi connectivity index (χ3v) is 4.76. The summed E-state index contributed by atoms with van der Waals surface area (Å²) >= 11 is 1.75. The minimum absolute atomic E-state index is 0.256. The number of thioether (sulfide) groups is 1. The second-order valence-corrected chi connectivity index (χ2v) is 6.96. The first-order valence-electron chi connectivity index (χ1n) is 7.89.